The standard InChI is InChI=1S/C21H20N4O4S/c1-3-20(26)23-15-10-17(25(28)29)19(11-16(15)24-21(27)4-2)30-18-7-5-6-13-12-22-9-8-14(13)18/h5-12H,3-4H2,1-2H3,(H,23,26)(H,24,27). The van der Waals surface area contributed by atoms with E-state index in [-0.39, 0.29) is 36.0 Å². The van der Waals surface area contributed by atoms with Crippen LogP contribution in [0.2, 0.25) is 0 Å². The van der Waals surface area contributed by atoms with E-state index in [0.29, 0.717) is 10.6 Å². The largest absolute Gasteiger partial charge is 0.324 e. The summed E-state index contributed by atoms with van der Waals surface area (Å²) in [5.74, 6) is -0.568. The molecule has 1 heterocycles. The van der Waals surface area contributed by atoms with Crippen LogP contribution in [0.3, 0.4) is 0 Å². The van der Waals surface area contributed by atoms with Crippen LogP contribution < -0.4 is 10.6 Å². The normalized spacial score (nSPS) is 10.6. The maximum Gasteiger partial charge on any atom is 0.285 e. The number of nitro groups is 1. The maximum atomic E-state index is 12.0. The Bertz CT molecular complexity index is 1130. The Hall–Kier alpha value is -3.46. The van der Waals surface area contributed by atoms with Crippen molar-refractivity contribution in [1.82, 2.24) is 4.98 Å². The van der Waals surface area contributed by atoms with Gasteiger partial charge in [0.15, 0.2) is 0 Å². The molecule has 0 radical (unpaired) electrons. The smallest absolute Gasteiger partial charge is 0.285 e. The van der Waals surface area contributed by atoms with Crippen molar-refractivity contribution in [2.75, 3.05) is 10.6 Å². The first kappa shape index (κ1) is 21.3. The second-order valence-corrected chi connectivity index (χ2v) is 7.46. The van der Waals surface area contributed by atoms with Gasteiger partial charge in [-0.05, 0) is 23.6 Å². The number of nitro benzene ring substituents is 1. The zero-order chi connectivity index (χ0) is 21.7. The van der Waals surface area contributed by atoms with E-state index in [1.54, 1.807) is 26.2 Å². The SMILES string of the molecule is CCC(=O)Nc1cc(Sc2cccc3cnccc23)c([N+](=O)[O-])cc1NC(=O)CC. The quantitative estimate of drug-likeness (QED) is 0.408. The molecule has 0 aliphatic rings. The van der Waals surface area contributed by atoms with Crippen molar-refractivity contribution in [3.63, 3.8) is 0 Å². The van der Waals surface area contributed by atoms with Crippen molar-refractivity contribution in [3.05, 3.63) is 58.9 Å². The Morgan fingerprint density at radius 1 is 1.03 bits per heavy atom. The summed E-state index contributed by atoms with van der Waals surface area (Å²) >= 11 is 1.22. The number of amides is 2. The topological polar surface area (TPSA) is 114 Å². The molecule has 0 fully saturated rings. The number of carbonyl (C=O) groups excluding carboxylic acids is 2. The van der Waals surface area contributed by atoms with E-state index in [0.717, 1.165) is 15.7 Å². The number of nitrogens with zero attached hydrogens (tertiary/aromatic N) is 2. The lowest BCUT2D eigenvalue weighted by Crippen LogP contribution is -2.15. The lowest BCUT2D eigenvalue weighted by Gasteiger charge is -2.14. The molecule has 0 atom stereocenters. The van der Waals surface area contributed by atoms with Crippen molar-refractivity contribution >= 4 is 51.4 Å². The molecule has 2 aromatic carbocycles. The summed E-state index contributed by atoms with van der Waals surface area (Å²) in [4.78, 5) is 40.4. The van der Waals surface area contributed by atoms with E-state index < -0.39 is 4.92 Å². The third-order valence-electron chi connectivity index (χ3n) is 4.35. The van der Waals surface area contributed by atoms with Gasteiger partial charge in [0.1, 0.15) is 0 Å². The molecule has 9 heteroatoms. The molecule has 0 spiro atoms. The average Bonchev–Trinajstić information content (AvgIpc) is 2.75. The van der Waals surface area contributed by atoms with Crippen molar-refractivity contribution in [1.29, 1.82) is 0 Å². The molecule has 154 valence electrons. The number of aromatic nitrogens is 1. The lowest BCUT2D eigenvalue weighted by atomic mass is 10.2. The minimum atomic E-state index is -0.498. The summed E-state index contributed by atoms with van der Waals surface area (Å²) in [5, 5.41) is 18.9. The summed E-state index contributed by atoms with van der Waals surface area (Å²) < 4.78 is 0. The van der Waals surface area contributed by atoms with Gasteiger partial charge in [-0.2, -0.15) is 0 Å². The fraction of sp³-hybridized carbons (Fsp3) is 0.190. The van der Waals surface area contributed by atoms with Crippen LogP contribution in [0.4, 0.5) is 17.1 Å². The third kappa shape index (κ3) is 4.74. The number of hydrogen-bond acceptors (Lipinski definition) is 6. The Kier molecular flexibility index (Phi) is 6.63. The maximum absolute atomic E-state index is 12.0. The number of pyridine rings is 1. The van der Waals surface area contributed by atoms with Crippen LogP contribution in [-0.2, 0) is 9.59 Å². The molecule has 30 heavy (non-hydrogen) atoms. The van der Waals surface area contributed by atoms with E-state index in [4.69, 9.17) is 0 Å². The highest BCUT2D eigenvalue weighted by Gasteiger charge is 2.21. The number of benzene rings is 2. The first-order valence-corrected chi connectivity index (χ1v) is 10.2. The van der Waals surface area contributed by atoms with Crippen LogP contribution in [0.1, 0.15) is 26.7 Å². The number of rotatable bonds is 7. The predicted molar refractivity (Wildman–Crippen MR) is 117 cm³/mol. The summed E-state index contributed by atoms with van der Waals surface area (Å²) in [5.41, 5.74) is 0.354. The van der Waals surface area contributed by atoms with Gasteiger partial charge in [-0.1, -0.05) is 37.7 Å². The van der Waals surface area contributed by atoms with Gasteiger partial charge >= 0.3 is 0 Å². The molecule has 0 unspecified atom stereocenters. The lowest BCUT2D eigenvalue weighted by molar-refractivity contribution is -0.387. The van der Waals surface area contributed by atoms with Gasteiger partial charge in [0.05, 0.1) is 21.2 Å². The van der Waals surface area contributed by atoms with Crippen LogP contribution in [-0.4, -0.2) is 21.7 Å². The van der Waals surface area contributed by atoms with Crippen molar-refractivity contribution in [3.8, 4) is 0 Å². The van der Waals surface area contributed by atoms with Gasteiger partial charge in [0.25, 0.3) is 5.69 Å². The van der Waals surface area contributed by atoms with Gasteiger partial charge < -0.3 is 10.6 Å². The van der Waals surface area contributed by atoms with Crippen LogP contribution in [0.5, 0.6) is 0 Å². The fourth-order valence-electron chi connectivity index (χ4n) is 2.78. The van der Waals surface area contributed by atoms with Crippen LogP contribution in [0.25, 0.3) is 10.8 Å². The van der Waals surface area contributed by atoms with Gasteiger partial charge in [-0.25, -0.2) is 0 Å². The van der Waals surface area contributed by atoms with E-state index >= 15 is 0 Å². The molecule has 0 aliphatic heterocycles. The highest BCUT2D eigenvalue weighted by molar-refractivity contribution is 7.99. The highest BCUT2D eigenvalue weighted by Crippen LogP contribution is 2.42. The molecular weight excluding hydrogens is 404 g/mol. The van der Waals surface area contributed by atoms with Crippen LogP contribution >= 0.6 is 11.8 Å². The monoisotopic (exact) mass is 424 g/mol. The second-order valence-electron chi connectivity index (χ2n) is 6.38. The Morgan fingerprint density at radius 3 is 2.33 bits per heavy atom. The first-order chi connectivity index (χ1) is 14.4. The molecule has 3 rings (SSSR count). The van der Waals surface area contributed by atoms with Gasteiger partial charge in [0.2, 0.25) is 11.8 Å². The Labute approximate surface area is 177 Å². The molecule has 8 nitrogen and oxygen atoms in total. The molecule has 0 saturated heterocycles. The van der Waals surface area contributed by atoms with E-state index in [1.807, 2.05) is 24.3 Å². The number of anilines is 2. The number of fused-ring (bicyclic) bond motifs is 1. The summed E-state index contributed by atoms with van der Waals surface area (Å²) in [6, 6.07) is 10.3. The van der Waals surface area contributed by atoms with Gasteiger partial charge in [-0.3, -0.25) is 24.7 Å². The Morgan fingerprint density at radius 2 is 1.70 bits per heavy atom. The molecule has 2 N–H and O–H groups in total. The van der Waals surface area contributed by atoms with E-state index in [9.17, 15) is 19.7 Å². The number of carbonyl (C=O) groups is 2. The molecular formula is C21H20N4O4S. The van der Waals surface area contributed by atoms with Crippen molar-refractivity contribution in [2.24, 2.45) is 0 Å². The van der Waals surface area contributed by atoms with Crippen LogP contribution in [0.15, 0.2) is 58.6 Å². The molecule has 1 aromatic heterocycles. The summed E-state index contributed by atoms with van der Waals surface area (Å²) in [7, 11) is 0. The zero-order valence-corrected chi connectivity index (χ0v) is 17.3. The average molecular weight is 424 g/mol. The fourth-order valence-corrected chi connectivity index (χ4v) is 3.87. The molecule has 0 bridgehead atoms. The second kappa shape index (κ2) is 9.36. The van der Waals surface area contributed by atoms with Crippen molar-refractivity contribution < 1.29 is 14.5 Å². The molecule has 0 saturated carbocycles. The van der Waals surface area contributed by atoms with Crippen molar-refractivity contribution in [2.45, 2.75) is 36.5 Å². The zero-order valence-electron chi connectivity index (χ0n) is 16.5. The minimum absolute atomic E-state index is 0.160. The van der Waals surface area contributed by atoms with E-state index in [2.05, 4.69) is 15.6 Å². The minimum Gasteiger partial charge on any atom is -0.324 e. The third-order valence-corrected chi connectivity index (χ3v) is 5.47. The molecule has 0 aliphatic carbocycles. The van der Waals surface area contributed by atoms with Crippen LogP contribution in [0, 0.1) is 10.1 Å². The van der Waals surface area contributed by atoms with E-state index in [1.165, 1.54) is 23.9 Å². The molecule has 3 aromatic rings. The Balaban J connectivity index is 2.11. The molecule has 2 amide bonds. The van der Waals surface area contributed by atoms with Gasteiger partial charge in [0, 0.05) is 41.6 Å². The number of hydrogen-bond donors (Lipinski definition) is 2. The van der Waals surface area contributed by atoms with Gasteiger partial charge in [-0.15, -0.1) is 0 Å². The summed E-state index contributed by atoms with van der Waals surface area (Å²) in [6.45, 7) is 3.37. The first-order valence-electron chi connectivity index (χ1n) is 9.35. The number of nitrogens with one attached hydrogen (secondary N) is 2. The summed E-state index contributed by atoms with van der Waals surface area (Å²) in [6.07, 6.45) is 3.83. The highest BCUT2D eigenvalue weighted by atomic mass is 32.2. The predicted octanol–water partition coefficient (Wildman–Crippen LogP) is 4.99.